The number of carbonyl (C=O) groups excluding carboxylic acids is 1. The summed E-state index contributed by atoms with van der Waals surface area (Å²) in [6.07, 6.45) is 9.28. The Hall–Kier alpha value is -4.06. The Kier molecular flexibility index (Phi) is 4.12. The van der Waals surface area contributed by atoms with E-state index in [1.807, 2.05) is 6.20 Å². The van der Waals surface area contributed by atoms with Gasteiger partial charge in [-0.3, -0.25) is 18.9 Å². The summed E-state index contributed by atoms with van der Waals surface area (Å²) in [6, 6.07) is 4.97. The first-order chi connectivity index (χ1) is 14.8. The van der Waals surface area contributed by atoms with Crippen LogP contribution in [0, 0.1) is 0 Å². The van der Waals surface area contributed by atoms with Crippen molar-refractivity contribution in [2.75, 3.05) is 5.32 Å². The van der Waals surface area contributed by atoms with Crippen LogP contribution >= 0.6 is 0 Å². The van der Waals surface area contributed by atoms with Crippen molar-refractivity contribution >= 4 is 38.3 Å². The largest absolute Gasteiger partial charge is 0.325 e. The average Bonchev–Trinajstić information content (AvgIpc) is 3.44. The van der Waals surface area contributed by atoms with Gasteiger partial charge in [-0.25, -0.2) is 4.98 Å². The molecule has 1 amide bonds. The van der Waals surface area contributed by atoms with Gasteiger partial charge < -0.3 is 5.32 Å². The molecule has 12 heteroatoms. The molecule has 0 aliphatic rings. The van der Waals surface area contributed by atoms with Gasteiger partial charge in [0.15, 0.2) is 5.03 Å². The van der Waals surface area contributed by atoms with Crippen LogP contribution in [0.25, 0.3) is 27.8 Å². The molecule has 0 fully saturated rings. The SMILES string of the molecule is CC(=O)Nc1ccc2ncc(S(=O)(=O)n3ncc4ncc(-c5cnn(C)c5)cc43)n2c1. The van der Waals surface area contributed by atoms with E-state index in [2.05, 4.69) is 25.5 Å². The molecule has 5 rings (SSSR count). The molecule has 0 aliphatic carbocycles. The third-order valence-electron chi connectivity index (χ3n) is 4.71. The van der Waals surface area contributed by atoms with E-state index in [0.717, 1.165) is 9.65 Å². The number of pyridine rings is 2. The smallest absolute Gasteiger partial charge is 0.301 e. The second-order valence-electron chi connectivity index (χ2n) is 6.95. The number of amides is 1. The number of carbonyl (C=O) groups is 1. The van der Waals surface area contributed by atoms with E-state index in [4.69, 9.17) is 0 Å². The van der Waals surface area contributed by atoms with Crippen LogP contribution in [-0.4, -0.2) is 47.7 Å². The van der Waals surface area contributed by atoms with Gasteiger partial charge in [0, 0.05) is 43.7 Å². The van der Waals surface area contributed by atoms with Crippen molar-refractivity contribution < 1.29 is 13.2 Å². The van der Waals surface area contributed by atoms with Crippen molar-refractivity contribution in [2.45, 2.75) is 11.9 Å². The van der Waals surface area contributed by atoms with Gasteiger partial charge in [0.25, 0.3) is 0 Å². The molecular weight excluding hydrogens is 420 g/mol. The van der Waals surface area contributed by atoms with Gasteiger partial charge in [-0.05, 0) is 18.2 Å². The van der Waals surface area contributed by atoms with Gasteiger partial charge in [-0.2, -0.15) is 22.7 Å². The standard InChI is InChI=1S/C19H16N8O3S/c1-12(28)24-15-3-4-18-21-9-19(26(18)11-15)31(29,30)27-17-5-13(6-20-16(17)8-23-27)14-7-22-25(2)10-14/h3-11H,1-2H3,(H,24,28). The molecule has 0 radical (unpaired) electrons. The Morgan fingerprint density at radius 1 is 1.00 bits per heavy atom. The van der Waals surface area contributed by atoms with E-state index in [9.17, 15) is 13.2 Å². The zero-order valence-electron chi connectivity index (χ0n) is 16.5. The lowest BCUT2D eigenvalue weighted by atomic mass is 10.1. The number of nitrogens with zero attached hydrogens (tertiary/aromatic N) is 7. The van der Waals surface area contributed by atoms with E-state index < -0.39 is 10.0 Å². The first kappa shape index (κ1) is 18.9. The number of nitrogens with one attached hydrogen (secondary N) is 1. The summed E-state index contributed by atoms with van der Waals surface area (Å²) in [5.74, 6) is -0.268. The third kappa shape index (κ3) is 3.13. The number of aromatic nitrogens is 7. The minimum Gasteiger partial charge on any atom is -0.325 e. The minimum absolute atomic E-state index is 0.0912. The van der Waals surface area contributed by atoms with E-state index in [-0.39, 0.29) is 10.9 Å². The molecule has 5 aromatic heterocycles. The fraction of sp³-hybridized carbons (Fsp3) is 0.105. The molecule has 1 N–H and O–H groups in total. The fourth-order valence-corrected chi connectivity index (χ4v) is 4.65. The van der Waals surface area contributed by atoms with Crippen LogP contribution in [0.15, 0.2) is 60.4 Å². The number of fused-ring (bicyclic) bond motifs is 2. The van der Waals surface area contributed by atoms with Gasteiger partial charge in [-0.1, -0.05) is 0 Å². The summed E-state index contributed by atoms with van der Waals surface area (Å²) in [7, 11) is -2.32. The van der Waals surface area contributed by atoms with Crippen molar-refractivity contribution in [1.29, 1.82) is 0 Å². The van der Waals surface area contributed by atoms with Crippen LogP contribution in [-0.2, 0) is 21.9 Å². The average molecular weight is 436 g/mol. The number of aryl methyl sites for hydroxylation is 1. The van der Waals surface area contributed by atoms with Crippen molar-refractivity contribution in [1.82, 2.24) is 33.3 Å². The van der Waals surface area contributed by atoms with Gasteiger partial charge in [-0.15, -0.1) is 0 Å². The first-order valence-corrected chi connectivity index (χ1v) is 10.6. The monoisotopic (exact) mass is 436 g/mol. The number of hydrogen-bond donors (Lipinski definition) is 1. The summed E-state index contributed by atoms with van der Waals surface area (Å²) < 4.78 is 30.9. The van der Waals surface area contributed by atoms with Gasteiger partial charge in [0.2, 0.25) is 5.91 Å². The summed E-state index contributed by atoms with van der Waals surface area (Å²) in [6.45, 7) is 1.37. The summed E-state index contributed by atoms with van der Waals surface area (Å²) in [5, 5.41) is 10.8. The molecule has 5 aromatic rings. The molecule has 31 heavy (non-hydrogen) atoms. The molecule has 0 atom stereocenters. The highest BCUT2D eigenvalue weighted by molar-refractivity contribution is 7.90. The lowest BCUT2D eigenvalue weighted by molar-refractivity contribution is -0.114. The highest BCUT2D eigenvalue weighted by Gasteiger charge is 2.25. The Morgan fingerprint density at radius 3 is 2.58 bits per heavy atom. The van der Waals surface area contributed by atoms with Crippen molar-refractivity contribution in [2.24, 2.45) is 7.05 Å². The summed E-state index contributed by atoms with van der Waals surface area (Å²) in [4.78, 5) is 19.9. The third-order valence-corrected chi connectivity index (χ3v) is 6.29. The predicted octanol–water partition coefficient (Wildman–Crippen LogP) is 1.67. The molecule has 5 heterocycles. The normalized spacial score (nSPS) is 11.9. The molecule has 0 bridgehead atoms. The fourth-order valence-electron chi connectivity index (χ4n) is 3.32. The van der Waals surface area contributed by atoms with Crippen LogP contribution in [0.4, 0.5) is 5.69 Å². The number of hydrogen-bond acceptors (Lipinski definition) is 7. The summed E-state index contributed by atoms with van der Waals surface area (Å²) in [5.41, 5.74) is 3.14. The Labute approximate surface area is 176 Å². The Balaban J connectivity index is 1.66. The molecule has 0 unspecified atom stereocenters. The first-order valence-electron chi connectivity index (χ1n) is 9.16. The predicted molar refractivity (Wildman–Crippen MR) is 112 cm³/mol. The molecule has 0 aliphatic heterocycles. The van der Waals surface area contributed by atoms with Crippen LogP contribution in [0.1, 0.15) is 6.92 Å². The van der Waals surface area contributed by atoms with Gasteiger partial charge in [0.1, 0.15) is 16.7 Å². The van der Waals surface area contributed by atoms with Crippen LogP contribution < -0.4 is 5.32 Å². The van der Waals surface area contributed by atoms with E-state index in [1.54, 1.807) is 42.3 Å². The van der Waals surface area contributed by atoms with Gasteiger partial charge >= 0.3 is 10.0 Å². The Morgan fingerprint density at radius 2 is 1.84 bits per heavy atom. The molecular formula is C19H16N8O3S. The topological polar surface area (TPSA) is 129 Å². The lowest BCUT2D eigenvalue weighted by Crippen LogP contribution is -2.16. The highest BCUT2D eigenvalue weighted by atomic mass is 32.2. The van der Waals surface area contributed by atoms with E-state index in [0.29, 0.717) is 27.9 Å². The van der Waals surface area contributed by atoms with Crippen LogP contribution in [0.2, 0.25) is 0 Å². The Bertz CT molecular complexity index is 1580. The lowest BCUT2D eigenvalue weighted by Gasteiger charge is -2.08. The highest BCUT2D eigenvalue weighted by Crippen LogP contribution is 2.25. The quantitative estimate of drug-likeness (QED) is 0.454. The van der Waals surface area contributed by atoms with Crippen molar-refractivity contribution in [3.05, 3.63) is 55.4 Å². The molecule has 0 spiro atoms. The number of imidazole rings is 1. The second-order valence-corrected chi connectivity index (χ2v) is 8.66. The maximum Gasteiger partial charge on any atom is 0.301 e. The van der Waals surface area contributed by atoms with E-state index >= 15 is 0 Å². The maximum absolute atomic E-state index is 13.5. The molecule has 11 nitrogen and oxygen atoms in total. The van der Waals surface area contributed by atoms with Crippen LogP contribution in [0.3, 0.4) is 0 Å². The number of anilines is 1. The number of rotatable bonds is 4. The molecule has 156 valence electrons. The minimum atomic E-state index is -4.11. The van der Waals surface area contributed by atoms with Crippen LogP contribution in [0.5, 0.6) is 0 Å². The summed E-state index contributed by atoms with van der Waals surface area (Å²) >= 11 is 0. The second kappa shape index (κ2) is 6.74. The van der Waals surface area contributed by atoms with Crippen molar-refractivity contribution in [3.8, 4) is 11.1 Å². The molecule has 0 saturated heterocycles. The van der Waals surface area contributed by atoms with E-state index in [1.165, 1.54) is 29.9 Å². The zero-order chi connectivity index (χ0) is 21.8. The van der Waals surface area contributed by atoms with Gasteiger partial charge in [0.05, 0.1) is 24.3 Å². The zero-order valence-corrected chi connectivity index (χ0v) is 17.3. The van der Waals surface area contributed by atoms with Crippen molar-refractivity contribution in [3.63, 3.8) is 0 Å². The maximum atomic E-state index is 13.5. The molecule has 0 saturated carbocycles. The molecule has 0 aromatic carbocycles.